The van der Waals surface area contributed by atoms with Gasteiger partial charge in [-0.05, 0) is 49.8 Å². The van der Waals surface area contributed by atoms with Crippen molar-refractivity contribution in [2.75, 3.05) is 0 Å². The summed E-state index contributed by atoms with van der Waals surface area (Å²) in [5.41, 5.74) is 4.44. The summed E-state index contributed by atoms with van der Waals surface area (Å²) in [6.07, 6.45) is 3.58. The van der Waals surface area contributed by atoms with Gasteiger partial charge in [0.2, 0.25) is 0 Å². The molecule has 0 saturated heterocycles. The lowest BCUT2D eigenvalue weighted by molar-refractivity contribution is -0.0498. The van der Waals surface area contributed by atoms with E-state index in [1.54, 1.807) is 0 Å². The molecule has 1 aliphatic carbocycles. The van der Waals surface area contributed by atoms with E-state index in [1.807, 2.05) is 27.1 Å². The average Bonchev–Trinajstić information content (AvgIpc) is 2.82. The number of rotatable bonds is 2. The molecule has 0 spiro atoms. The van der Waals surface area contributed by atoms with Crippen molar-refractivity contribution in [3.8, 4) is 0 Å². The molecule has 1 heterocycles. The number of hydrogen-bond acceptors (Lipinski definition) is 2. The van der Waals surface area contributed by atoms with E-state index in [9.17, 15) is 5.11 Å². The third-order valence-electron chi connectivity index (χ3n) is 4.29. The molecule has 3 rings (SSSR count). The summed E-state index contributed by atoms with van der Waals surface area (Å²) >= 11 is 0. The first-order chi connectivity index (χ1) is 9.87. The molecule has 1 aromatic carbocycles. The zero-order chi connectivity index (χ0) is 15.8. The van der Waals surface area contributed by atoms with Crippen LogP contribution in [0.5, 0.6) is 0 Å². The van der Waals surface area contributed by atoms with E-state index >= 15 is 0 Å². The van der Waals surface area contributed by atoms with E-state index in [-0.39, 0.29) is 0 Å². The lowest BCUT2D eigenvalue weighted by Crippen LogP contribution is -2.41. The standard InChI is InChI=1S/C16H22N2O.C2H6/c1-10(2)12-5-11(3)15-14(6-12)17-9-18(15)13-7-16(4,19)8-13;1-2/h5-6,9-10,13,19H,7-8H2,1-4H3;1-2H3. The number of benzene rings is 1. The van der Waals surface area contributed by atoms with Crippen molar-refractivity contribution in [3.63, 3.8) is 0 Å². The van der Waals surface area contributed by atoms with Crippen LogP contribution in [0.2, 0.25) is 0 Å². The van der Waals surface area contributed by atoms with Crippen LogP contribution < -0.4 is 0 Å². The predicted molar refractivity (Wildman–Crippen MR) is 88.8 cm³/mol. The normalized spacial score (nSPS) is 24.7. The van der Waals surface area contributed by atoms with Gasteiger partial charge in [0, 0.05) is 6.04 Å². The number of aryl methyl sites for hydroxylation is 1. The third-order valence-corrected chi connectivity index (χ3v) is 4.29. The fourth-order valence-electron chi connectivity index (χ4n) is 3.17. The molecule has 1 fully saturated rings. The van der Waals surface area contributed by atoms with Gasteiger partial charge in [0.05, 0.1) is 23.0 Å². The summed E-state index contributed by atoms with van der Waals surface area (Å²) in [7, 11) is 0. The van der Waals surface area contributed by atoms with Crippen molar-refractivity contribution in [3.05, 3.63) is 29.6 Å². The number of aromatic nitrogens is 2. The maximum atomic E-state index is 9.91. The Bertz CT molecular complexity index is 617. The number of imidazole rings is 1. The van der Waals surface area contributed by atoms with Crippen molar-refractivity contribution < 1.29 is 5.11 Å². The van der Waals surface area contributed by atoms with Gasteiger partial charge < -0.3 is 9.67 Å². The Morgan fingerprint density at radius 1 is 1.29 bits per heavy atom. The van der Waals surface area contributed by atoms with Gasteiger partial charge in [-0.15, -0.1) is 0 Å². The van der Waals surface area contributed by atoms with Gasteiger partial charge in [0.25, 0.3) is 0 Å². The summed E-state index contributed by atoms with van der Waals surface area (Å²) in [6, 6.07) is 4.85. The van der Waals surface area contributed by atoms with Crippen LogP contribution >= 0.6 is 0 Å². The molecule has 1 N–H and O–H groups in total. The van der Waals surface area contributed by atoms with Crippen molar-refractivity contribution in [2.24, 2.45) is 0 Å². The topological polar surface area (TPSA) is 38.0 Å². The van der Waals surface area contributed by atoms with Crippen molar-refractivity contribution in [1.82, 2.24) is 9.55 Å². The van der Waals surface area contributed by atoms with E-state index in [0.29, 0.717) is 12.0 Å². The highest BCUT2D eigenvalue weighted by Gasteiger charge is 2.39. The highest BCUT2D eigenvalue weighted by atomic mass is 16.3. The Balaban J connectivity index is 0.000000774. The smallest absolute Gasteiger partial charge is 0.0961 e. The predicted octanol–water partition coefficient (Wildman–Crippen LogP) is 4.58. The Morgan fingerprint density at radius 3 is 2.43 bits per heavy atom. The summed E-state index contributed by atoms with van der Waals surface area (Å²) < 4.78 is 2.24. The fourth-order valence-corrected chi connectivity index (χ4v) is 3.17. The van der Waals surface area contributed by atoms with Crippen molar-refractivity contribution >= 4 is 11.0 Å². The second-order valence-corrected chi connectivity index (χ2v) is 6.57. The van der Waals surface area contributed by atoms with E-state index in [2.05, 4.69) is 42.5 Å². The van der Waals surface area contributed by atoms with Crippen LogP contribution in [-0.2, 0) is 0 Å². The average molecular weight is 288 g/mol. The molecule has 1 saturated carbocycles. The van der Waals surface area contributed by atoms with Crippen LogP contribution in [0.1, 0.15) is 70.5 Å². The van der Waals surface area contributed by atoms with E-state index in [0.717, 1.165) is 18.4 Å². The summed E-state index contributed by atoms with van der Waals surface area (Å²) in [5, 5.41) is 9.91. The number of aliphatic hydroxyl groups is 1. The minimum Gasteiger partial charge on any atom is -0.390 e. The van der Waals surface area contributed by atoms with E-state index < -0.39 is 5.60 Å². The Hall–Kier alpha value is -1.35. The van der Waals surface area contributed by atoms with Gasteiger partial charge in [-0.25, -0.2) is 4.98 Å². The van der Waals surface area contributed by atoms with Crippen molar-refractivity contribution in [2.45, 2.75) is 71.9 Å². The maximum absolute atomic E-state index is 9.91. The molecule has 2 aromatic rings. The molecule has 0 radical (unpaired) electrons. The molecular weight excluding hydrogens is 260 g/mol. The van der Waals surface area contributed by atoms with E-state index in [4.69, 9.17) is 0 Å². The van der Waals surface area contributed by atoms with Crippen LogP contribution in [0.25, 0.3) is 11.0 Å². The highest BCUT2D eigenvalue weighted by Crippen LogP contribution is 2.42. The zero-order valence-electron chi connectivity index (χ0n) is 14.1. The lowest BCUT2D eigenvalue weighted by atomic mass is 9.77. The molecular formula is C18H28N2O. The second kappa shape index (κ2) is 5.80. The first-order valence-electron chi connectivity index (χ1n) is 8.07. The molecule has 0 unspecified atom stereocenters. The van der Waals surface area contributed by atoms with Crippen LogP contribution in [0.3, 0.4) is 0 Å². The number of hydrogen-bond donors (Lipinski definition) is 1. The second-order valence-electron chi connectivity index (χ2n) is 6.57. The van der Waals surface area contributed by atoms with Gasteiger partial charge in [0.1, 0.15) is 0 Å². The fraction of sp³-hybridized carbons (Fsp3) is 0.611. The molecule has 116 valence electrons. The van der Waals surface area contributed by atoms with Crippen LogP contribution in [0, 0.1) is 6.92 Å². The molecule has 3 nitrogen and oxygen atoms in total. The minimum absolute atomic E-state index is 0.392. The first-order valence-corrected chi connectivity index (χ1v) is 8.07. The molecule has 0 bridgehead atoms. The van der Waals surface area contributed by atoms with Crippen LogP contribution in [-0.4, -0.2) is 20.3 Å². The summed E-state index contributed by atoms with van der Waals surface area (Å²) in [6.45, 7) is 12.5. The monoisotopic (exact) mass is 288 g/mol. The van der Waals surface area contributed by atoms with Gasteiger partial charge in [0.15, 0.2) is 0 Å². The SMILES string of the molecule is CC.Cc1cc(C(C)C)cc2ncn(C3CC(C)(O)C3)c12. The van der Waals surface area contributed by atoms with Crippen LogP contribution in [0.15, 0.2) is 18.5 Å². The number of nitrogens with zero attached hydrogens (tertiary/aromatic N) is 2. The maximum Gasteiger partial charge on any atom is 0.0961 e. The molecule has 1 aliphatic rings. The molecule has 3 heteroatoms. The highest BCUT2D eigenvalue weighted by molar-refractivity contribution is 5.80. The zero-order valence-corrected chi connectivity index (χ0v) is 14.1. The van der Waals surface area contributed by atoms with Gasteiger partial charge in [-0.3, -0.25) is 0 Å². The Kier molecular flexibility index (Phi) is 4.43. The first kappa shape index (κ1) is 16.0. The largest absolute Gasteiger partial charge is 0.390 e. The molecule has 21 heavy (non-hydrogen) atoms. The minimum atomic E-state index is -0.493. The van der Waals surface area contributed by atoms with Gasteiger partial charge in [-0.1, -0.05) is 33.8 Å². The van der Waals surface area contributed by atoms with Crippen molar-refractivity contribution in [1.29, 1.82) is 0 Å². The summed E-state index contributed by atoms with van der Waals surface area (Å²) in [4.78, 5) is 4.55. The third kappa shape index (κ3) is 2.98. The lowest BCUT2D eigenvalue weighted by Gasteiger charge is -2.41. The molecule has 0 amide bonds. The van der Waals surface area contributed by atoms with Crippen LogP contribution in [0.4, 0.5) is 0 Å². The number of fused-ring (bicyclic) bond motifs is 1. The molecule has 0 aliphatic heterocycles. The molecule has 0 atom stereocenters. The Labute approximate surface area is 128 Å². The molecule has 1 aromatic heterocycles. The summed E-state index contributed by atoms with van der Waals surface area (Å²) in [5.74, 6) is 0.526. The quantitative estimate of drug-likeness (QED) is 0.878. The van der Waals surface area contributed by atoms with Gasteiger partial charge >= 0.3 is 0 Å². The van der Waals surface area contributed by atoms with Gasteiger partial charge in [-0.2, -0.15) is 0 Å². The van der Waals surface area contributed by atoms with E-state index in [1.165, 1.54) is 16.6 Å². The Morgan fingerprint density at radius 2 is 1.90 bits per heavy atom.